The van der Waals surface area contributed by atoms with Crippen LogP contribution in [-0.4, -0.2) is 25.0 Å². The fourth-order valence-corrected chi connectivity index (χ4v) is 3.56. The van der Waals surface area contributed by atoms with Crippen LogP contribution >= 0.6 is 11.6 Å². The van der Waals surface area contributed by atoms with E-state index in [1.165, 1.54) is 18.2 Å². The van der Waals surface area contributed by atoms with E-state index in [1.807, 2.05) is 0 Å². The van der Waals surface area contributed by atoms with Crippen molar-refractivity contribution in [3.8, 4) is 6.07 Å². The first-order chi connectivity index (χ1) is 9.57. The average molecular weight is 331 g/mol. The molecule has 1 aromatic rings. The number of nitriles is 1. The summed E-state index contributed by atoms with van der Waals surface area (Å²) in [5.74, 6) is -1.01. The van der Waals surface area contributed by atoms with Crippen LogP contribution in [-0.2, 0) is 14.8 Å². The lowest BCUT2D eigenvalue weighted by Crippen LogP contribution is -2.43. The van der Waals surface area contributed by atoms with Gasteiger partial charge in [0, 0.05) is 17.0 Å². The maximum atomic E-state index is 12.4. The average Bonchev–Trinajstić information content (AvgIpc) is 2.35. The summed E-state index contributed by atoms with van der Waals surface area (Å²) < 4.78 is 27.1. The SMILES string of the molecule is CC(C)(CCC(=O)O)NS(=O)(=O)c1cc(Cl)ccc1C#N. The number of hydrogen-bond donors (Lipinski definition) is 2. The molecule has 0 aliphatic rings. The first-order valence-corrected chi connectivity index (χ1v) is 7.89. The summed E-state index contributed by atoms with van der Waals surface area (Å²) >= 11 is 5.77. The summed E-state index contributed by atoms with van der Waals surface area (Å²) in [5.41, 5.74) is -0.993. The number of rotatable bonds is 6. The molecule has 0 aromatic heterocycles. The van der Waals surface area contributed by atoms with Gasteiger partial charge in [-0.15, -0.1) is 0 Å². The molecule has 0 bridgehead atoms. The molecule has 0 spiro atoms. The zero-order valence-corrected chi connectivity index (χ0v) is 13.1. The highest BCUT2D eigenvalue weighted by molar-refractivity contribution is 7.89. The second-order valence-electron chi connectivity index (χ2n) is 5.14. The van der Waals surface area contributed by atoms with Crippen molar-refractivity contribution in [2.45, 2.75) is 37.1 Å². The Morgan fingerprint density at radius 1 is 1.48 bits per heavy atom. The Morgan fingerprint density at radius 2 is 2.10 bits per heavy atom. The molecule has 0 saturated heterocycles. The topological polar surface area (TPSA) is 107 Å². The van der Waals surface area contributed by atoms with Crippen LogP contribution in [0.15, 0.2) is 23.1 Å². The van der Waals surface area contributed by atoms with Crippen molar-refractivity contribution in [2.75, 3.05) is 0 Å². The van der Waals surface area contributed by atoms with Gasteiger partial charge in [-0.05, 0) is 38.5 Å². The Kier molecular flexibility index (Phi) is 5.34. The second kappa shape index (κ2) is 6.43. The van der Waals surface area contributed by atoms with E-state index in [-0.39, 0.29) is 28.3 Å². The summed E-state index contributed by atoms with van der Waals surface area (Å²) in [5, 5.41) is 17.8. The van der Waals surface area contributed by atoms with E-state index < -0.39 is 21.5 Å². The normalized spacial score (nSPS) is 11.9. The number of carboxylic acids is 1. The summed E-state index contributed by atoms with van der Waals surface area (Å²) in [6.07, 6.45) is -0.0554. The third kappa shape index (κ3) is 5.01. The van der Waals surface area contributed by atoms with Crippen molar-refractivity contribution in [2.24, 2.45) is 0 Å². The molecular formula is C13H15ClN2O4S. The molecule has 2 N–H and O–H groups in total. The van der Waals surface area contributed by atoms with Crippen molar-refractivity contribution < 1.29 is 18.3 Å². The van der Waals surface area contributed by atoms with Crippen LogP contribution < -0.4 is 4.72 Å². The molecule has 1 aromatic carbocycles. The van der Waals surface area contributed by atoms with Gasteiger partial charge in [-0.3, -0.25) is 4.79 Å². The van der Waals surface area contributed by atoms with Gasteiger partial charge in [0.15, 0.2) is 0 Å². The number of carboxylic acid groups (broad SMARTS) is 1. The highest BCUT2D eigenvalue weighted by Gasteiger charge is 2.28. The Hall–Kier alpha value is -1.62. The summed E-state index contributed by atoms with van der Waals surface area (Å²) in [7, 11) is -3.98. The Labute approximate surface area is 128 Å². The summed E-state index contributed by atoms with van der Waals surface area (Å²) in [4.78, 5) is 10.4. The fourth-order valence-electron chi connectivity index (χ4n) is 1.70. The van der Waals surface area contributed by atoms with Crippen molar-refractivity contribution in [1.29, 1.82) is 5.26 Å². The molecule has 6 nitrogen and oxygen atoms in total. The van der Waals surface area contributed by atoms with Gasteiger partial charge in [0.2, 0.25) is 10.0 Å². The van der Waals surface area contributed by atoms with E-state index in [4.69, 9.17) is 22.0 Å². The lowest BCUT2D eigenvalue weighted by molar-refractivity contribution is -0.137. The summed E-state index contributed by atoms with van der Waals surface area (Å²) in [6.45, 7) is 3.15. The first kappa shape index (κ1) is 17.4. The molecule has 114 valence electrons. The molecule has 0 heterocycles. The lowest BCUT2D eigenvalue weighted by atomic mass is 10.0. The molecule has 0 aliphatic carbocycles. The number of sulfonamides is 1. The van der Waals surface area contributed by atoms with Gasteiger partial charge in [0.25, 0.3) is 0 Å². The van der Waals surface area contributed by atoms with Crippen LogP contribution in [0.1, 0.15) is 32.3 Å². The van der Waals surface area contributed by atoms with Gasteiger partial charge >= 0.3 is 5.97 Å². The molecule has 0 amide bonds. The van der Waals surface area contributed by atoms with E-state index in [2.05, 4.69) is 4.72 Å². The van der Waals surface area contributed by atoms with E-state index in [9.17, 15) is 13.2 Å². The second-order valence-corrected chi connectivity index (χ2v) is 7.22. The highest BCUT2D eigenvalue weighted by atomic mass is 35.5. The number of benzene rings is 1. The van der Waals surface area contributed by atoms with E-state index in [1.54, 1.807) is 19.9 Å². The number of nitrogens with one attached hydrogen (secondary N) is 1. The molecule has 0 unspecified atom stereocenters. The number of hydrogen-bond acceptors (Lipinski definition) is 4. The number of halogens is 1. The van der Waals surface area contributed by atoms with Crippen molar-refractivity contribution in [3.63, 3.8) is 0 Å². The third-order valence-corrected chi connectivity index (χ3v) is 4.70. The molecule has 8 heteroatoms. The number of aliphatic carboxylic acids is 1. The first-order valence-electron chi connectivity index (χ1n) is 6.03. The predicted molar refractivity (Wildman–Crippen MR) is 77.4 cm³/mol. The van der Waals surface area contributed by atoms with Crippen LogP contribution in [0.2, 0.25) is 5.02 Å². The monoisotopic (exact) mass is 330 g/mol. The molecule has 0 atom stereocenters. The van der Waals surface area contributed by atoms with Crippen LogP contribution in [0.5, 0.6) is 0 Å². The van der Waals surface area contributed by atoms with Gasteiger partial charge in [-0.1, -0.05) is 11.6 Å². The maximum absolute atomic E-state index is 12.4. The smallest absolute Gasteiger partial charge is 0.303 e. The molecule has 21 heavy (non-hydrogen) atoms. The van der Waals surface area contributed by atoms with Crippen LogP contribution in [0.4, 0.5) is 0 Å². The molecule has 0 aliphatic heterocycles. The van der Waals surface area contributed by atoms with Crippen molar-refractivity contribution in [1.82, 2.24) is 4.72 Å². The Balaban J connectivity index is 3.10. The largest absolute Gasteiger partial charge is 0.481 e. The molecular weight excluding hydrogens is 316 g/mol. The highest BCUT2D eigenvalue weighted by Crippen LogP contribution is 2.23. The van der Waals surface area contributed by atoms with Crippen molar-refractivity contribution in [3.05, 3.63) is 28.8 Å². The summed E-state index contributed by atoms with van der Waals surface area (Å²) in [6, 6.07) is 5.73. The fraction of sp³-hybridized carbons (Fsp3) is 0.385. The third-order valence-electron chi connectivity index (χ3n) is 2.73. The van der Waals surface area contributed by atoms with Crippen molar-refractivity contribution >= 4 is 27.6 Å². The van der Waals surface area contributed by atoms with E-state index in [0.29, 0.717) is 0 Å². The van der Waals surface area contributed by atoms with Gasteiger partial charge in [-0.2, -0.15) is 5.26 Å². The van der Waals surface area contributed by atoms with Crippen LogP contribution in [0, 0.1) is 11.3 Å². The standard InChI is InChI=1S/C13H15ClN2O4S/c1-13(2,6-5-12(17)18)16-21(19,20)11-7-10(14)4-3-9(11)8-15/h3-4,7,16H,5-6H2,1-2H3,(H,17,18). The van der Waals surface area contributed by atoms with Gasteiger partial charge in [0.05, 0.1) is 5.56 Å². The van der Waals surface area contributed by atoms with Crippen LogP contribution in [0.25, 0.3) is 0 Å². The van der Waals surface area contributed by atoms with Crippen LogP contribution in [0.3, 0.4) is 0 Å². The minimum atomic E-state index is -3.98. The maximum Gasteiger partial charge on any atom is 0.303 e. The zero-order chi connectivity index (χ0) is 16.3. The molecule has 0 radical (unpaired) electrons. The lowest BCUT2D eigenvalue weighted by Gasteiger charge is -2.25. The molecule has 1 rings (SSSR count). The number of carbonyl (C=O) groups is 1. The van der Waals surface area contributed by atoms with Gasteiger partial charge in [0.1, 0.15) is 11.0 Å². The Bertz CT molecular complexity index is 693. The quantitative estimate of drug-likeness (QED) is 0.830. The minimum absolute atomic E-state index is 0.0269. The minimum Gasteiger partial charge on any atom is -0.481 e. The predicted octanol–water partition coefficient (Wildman–Crippen LogP) is 2.13. The molecule has 0 saturated carbocycles. The van der Waals surface area contributed by atoms with E-state index >= 15 is 0 Å². The van der Waals surface area contributed by atoms with Gasteiger partial charge in [-0.25, -0.2) is 13.1 Å². The molecule has 0 fully saturated rings. The Morgan fingerprint density at radius 3 is 2.62 bits per heavy atom. The number of nitrogens with zero attached hydrogens (tertiary/aromatic N) is 1. The van der Waals surface area contributed by atoms with E-state index in [0.717, 1.165) is 0 Å². The zero-order valence-electron chi connectivity index (χ0n) is 11.6. The van der Waals surface area contributed by atoms with Gasteiger partial charge < -0.3 is 5.11 Å².